The van der Waals surface area contributed by atoms with Crippen molar-refractivity contribution in [3.63, 3.8) is 0 Å². The quantitative estimate of drug-likeness (QED) is 0.564. The van der Waals surface area contributed by atoms with Crippen LogP contribution in [-0.4, -0.2) is 47.2 Å². The maximum absolute atomic E-state index is 12.2. The Morgan fingerprint density at radius 3 is 2.67 bits per heavy atom. The first-order chi connectivity index (χ1) is 14.3. The van der Waals surface area contributed by atoms with Gasteiger partial charge < -0.3 is 19.4 Å². The summed E-state index contributed by atoms with van der Waals surface area (Å²) in [4.78, 5) is 23.9. The average Bonchev–Trinajstić information content (AvgIpc) is 3.27. The van der Waals surface area contributed by atoms with Crippen LogP contribution in [0.2, 0.25) is 0 Å². The number of carbonyl (C=O) groups is 2. The molecule has 2 aliphatic heterocycles. The number of hydrogen-bond acceptors (Lipinski definition) is 5. The monoisotopic (exact) mass is 416 g/mol. The number of hydrogen-bond donors (Lipinski definition) is 1. The van der Waals surface area contributed by atoms with Gasteiger partial charge in [-0.3, -0.25) is 4.79 Å². The van der Waals surface area contributed by atoms with Gasteiger partial charge in [0.15, 0.2) is 0 Å². The number of rotatable bonds is 3. The molecule has 12 atom stereocenters. The van der Waals surface area contributed by atoms with Crippen molar-refractivity contribution in [2.45, 2.75) is 102 Å². The highest BCUT2D eigenvalue weighted by molar-refractivity contribution is 5.77. The van der Waals surface area contributed by atoms with E-state index in [1.54, 1.807) is 6.92 Å². The minimum absolute atomic E-state index is 0.0352. The molecule has 0 amide bonds. The third-order valence-electron chi connectivity index (χ3n) is 11.0. The second kappa shape index (κ2) is 6.17. The largest absolute Gasteiger partial charge is 0.393 e. The fourth-order valence-corrected chi connectivity index (χ4v) is 9.68. The molecule has 6 aliphatic rings. The molecule has 2 saturated heterocycles. The van der Waals surface area contributed by atoms with E-state index < -0.39 is 0 Å². The van der Waals surface area contributed by atoms with E-state index in [2.05, 4.69) is 13.8 Å². The molecule has 0 aromatic heterocycles. The summed E-state index contributed by atoms with van der Waals surface area (Å²) in [5.41, 5.74) is 0.115. The van der Waals surface area contributed by atoms with Gasteiger partial charge in [-0.25, -0.2) is 0 Å². The number of aliphatic hydroxyl groups is 1. The van der Waals surface area contributed by atoms with Gasteiger partial charge in [0, 0.05) is 23.7 Å². The van der Waals surface area contributed by atoms with Gasteiger partial charge in [-0.15, -0.1) is 0 Å². The zero-order chi connectivity index (χ0) is 21.1. The molecule has 4 unspecified atom stereocenters. The van der Waals surface area contributed by atoms with Crippen LogP contribution in [0.4, 0.5) is 0 Å². The highest BCUT2D eigenvalue weighted by Crippen LogP contribution is 2.78. The lowest BCUT2D eigenvalue weighted by atomic mass is 9.44. The Labute approximate surface area is 179 Å². The van der Waals surface area contributed by atoms with Gasteiger partial charge in [-0.05, 0) is 75.0 Å². The van der Waals surface area contributed by atoms with E-state index in [1.807, 2.05) is 0 Å². The molecule has 4 aliphatic carbocycles. The first kappa shape index (κ1) is 19.9. The van der Waals surface area contributed by atoms with E-state index in [4.69, 9.17) is 9.47 Å². The van der Waals surface area contributed by atoms with Crippen LogP contribution in [0.5, 0.6) is 0 Å². The second-order valence-corrected chi connectivity index (χ2v) is 12.0. The second-order valence-electron chi connectivity index (χ2n) is 12.0. The Balaban J connectivity index is 1.33. The van der Waals surface area contributed by atoms with E-state index in [9.17, 15) is 14.7 Å². The zero-order valence-corrected chi connectivity index (χ0v) is 18.5. The van der Waals surface area contributed by atoms with Crippen LogP contribution in [-0.2, 0) is 19.1 Å². The smallest absolute Gasteiger partial charge is 0.132 e. The maximum Gasteiger partial charge on any atom is 0.132 e. The number of ketones is 1. The fourth-order valence-electron chi connectivity index (χ4n) is 9.68. The molecule has 30 heavy (non-hydrogen) atoms. The Hall–Kier alpha value is -0.780. The molecule has 0 aromatic carbocycles. The van der Waals surface area contributed by atoms with Gasteiger partial charge in [-0.1, -0.05) is 13.8 Å². The van der Waals surface area contributed by atoms with E-state index in [-0.39, 0.29) is 53.1 Å². The molecule has 166 valence electrons. The summed E-state index contributed by atoms with van der Waals surface area (Å²) in [6.07, 6.45) is 8.71. The summed E-state index contributed by atoms with van der Waals surface area (Å²) in [6.45, 7) is 6.44. The number of Topliss-reactive ketones (excluding diaryl/α,β-unsaturated/α-hetero) is 1. The van der Waals surface area contributed by atoms with Crippen molar-refractivity contribution in [3.8, 4) is 0 Å². The molecule has 2 heterocycles. The molecule has 5 heteroatoms. The van der Waals surface area contributed by atoms with Gasteiger partial charge in [0.05, 0.1) is 18.3 Å². The highest BCUT2D eigenvalue weighted by atomic mass is 16.7. The first-order valence-corrected chi connectivity index (χ1v) is 12.2. The molecule has 6 rings (SSSR count). The molecule has 0 aromatic rings. The van der Waals surface area contributed by atoms with Crippen LogP contribution >= 0.6 is 0 Å². The summed E-state index contributed by atoms with van der Waals surface area (Å²) in [6, 6.07) is 0. The Bertz CT molecular complexity index is 782. The molecular weight excluding hydrogens is 380 g/mol. The Morgan fingerprint density at radius 2 is 1.93 bits per heavy atom. The van der Waals surface area contributed by atoms with E-state index in [0.717, 1.165) is 32.0 Å². The van der Waals surface area contributed by atoms with Crippen molar-refractivity contribution in [2.24, 2.45) is 40.4 Å². The van der Waals surface area contributed by atoms with Crippen LogP contribution in [0.25, 0.3) is 0 Å². The van der Waals surface area contributed by atoms with E-state index in [1.165, 1.54) is 19.3 Å². The molecule has 0 radical (unpaired) electrons. The van der Waals surface area contributed by atoms with Gasteiger partial charge in [0.1, 0.15) is 23.8 Å². The minimum atomic E-state index is -0.278. The maximum atomic E-state index is 12.2. The van der Waals surface area contributed by atoms with Crippen molar-refractivity contribution in [1.29, 1.82) is 0 Å². The number of fused-ring (bicyclic) bond motifs is 6. The molecule has 6 fully saturated rings. The van der Waals surface area contributed by atoms with E-state index >= 15 is 0 Å². The van der Waals surface area contributed by atoms with Gasteiger partial charge in [-0.2, -0.15) is 0 Å². The predicted octanol–water partition coefficient (Wildman–Crippen LogP) is 3.31. The van der Waals surface area contributed by atoms with E-state index in [0.29, 0.717) is 29.6 Å². The normalized spacial score (nSPS) is 60.6. The van der Waals surface area contributed by atoms with Crippen LogP contribution in [0.15, 0.2) is 0 Å². The summed E-state index contributed by atoms with van der Waals surface area (Å²) in [5.74, 6) is 1.88. The van der Waals surface area contributed by atoms with Crippen LogP contribution in [0, 0.1) is 40.4 Å². The van der Waals surface area contributed by atoms with Crippen molar-refractivity contribution in [1.82, 2.24) is 0 Å². The average molecular weight is 417 g/mol. The van der Waals surface area contributed by atoms with Crippen molar-refractivity contribution >= 4 is 12.1 Å². The van der Waals surface area contributed by atoms with Crippen LogP contribution < -0.4 is 0 Å². The van der Waals surface area contributed by atoms with Gasteiger partial charge in [0.2, 0.25) is 0 Å². The Morgan fingerprint density at radius 1 is 1.13 bits per heavy atom. The lowest BCUT2D eigenvalue weighted by molar-refractivity contribution is -0.151. The van der Waals surface area contributed by atoms with Crippen LogP contribution in [0.1, 0.15) is 72.1 Å². The number of aldehydes is 1. The molecule has 1 spiro atoms. The van der Waals surface area contributed by atoms with Gasteiger partial charge in [0.25, 0.3) is 0 Å². The highest BCUT2D eigenvalue weighted by Gasteiger charge is 2.86. The molecule has 0 bridgehead atoms. The first-order valence-electron chi connectivity index (χ1n) is 12.2. The van der Waals surface area contributed by atoms with Crippen molar-refractivity contribution < 1.29 is 24.2 Å². The lowest BCUT2D eigenvalue weighted by Gasteiger charge is -2.61. The number of carbonyl (C=O) groups excluding carboxylic acids is 2. The van der Waals surface area contributed by atoms with Crippen molar-refractivity contribution in [3.05, 3.63) is 0 Å². The molecule has 4 saturated carbocycles. The lowest BCUT2D eigenvalue weighted by Crippen LogP contribution is -2.59. The molecular formula is C25H36O5. The standard InChI is InChI=1S/C25H36O5/c1-13(27)10-19-16(12-26)20-21(29-19)22-25(30-22)18-5-4-14-11-15(28)6-8-23(14,2)17(18)7-9-24(20,25)3/h12,14-22,28H,4-11H2,1-3H3/t14-,15+,16?,17+,18-,19?,20?,21?,22-,23+,24-,25-/m1/s1. The summed E-state index contributed by atoms with van der Waals surface area (Å²) in [7, 11) is 0. The number of ether oxygens (including phenoxy) is 2. The number of aliphatic hydroxyl groups excluding tert-OH is 1. The third kappa shape index (κ3) is 2.20. The fraction of sp³-hybridized carbons (Fsp3) is 0.920. The van der Waals surface area contributed by atoms with Gasteiger partial charge >= 0.3 is 0 Å². The van der Waals surface area contributed by atoms with Crippen LogP contribution in [0.3, 0.4) is 0 Å². The SMILES string of the molecule is CC(=O)CC1OC2C(C1C=O)[C@@]1(C)CC[C@H]3[C@@H](CC[C@@H]4C[C@@H](O)CC[C@@]43C)[C@]13O[C@H]23. The number of epoxide rings is 1. The molecule has 5 nitrogen and oxygen atoms in total. The summed E-state index contributed by atoms with van der Waals surface area (Å²) >= 11 is 0. The zero-order valence-electron chi connectivity index (χ0n) is 18.5. The topological polar surface area (TPSA) is 76.1 Å². The summed E-state index contributed by atoms with van der Waals surface area (Å²) in [5, 5.41) is 10.3. The third-order valence-corrected chi connectivity index (χ3v) is 11.0. The Kier molecular flexibility index (Phi) is 4.09. The summed E-state index contributed by atoms with van der Waals surface area (Å²) < 4.78 is 13.1. The predicted molar refractivity (Wildman–Crippen MR) is 110 cm³/mol. The molecule has 1 N–H and O–H groups in total. The minimum Gasteiger partial charge on any atom is -0.393 e. The van der Waals surface area contributed by atoms with Crippen molar-refractivity contribution in [2.75, 3.05) is 0 Å².